The van der Waals surface area contributed by atoms with Crippen LogP contribution in [0.3, 0.4) is 0 Å². The van der Waals surface area contributed by atoms with Crippen LogP contribution in [0.2, 0.25) is 5.02 Å². The second-order valence-electron chi connectivity index (χ2n) is 5.65. The number of amides is 2. The third-order valence-electron chi connectivity index (χ3n) is 3.90. The molecule has 1 aliphatic heterocycles. The summed E-state index contributed by atoms with van der Waals surface area (Å²) in [6.07, 6.45) is 3.11. The van der Waals surface area contributed by atoms with Crippen molar-refractivity contribution >= 4 is 46.8 Å². The van der Waals surface area contributed by atoms with Gasteiger partial charge in [0, 0.05) is 11.6 Å². The van der Waals surface area contributed by atoms with Gasteiger partial charge in [0.05, 0.1) is 0 Å². The number of thiocarbonyl (C=S) groups is 1. The quantitative estimate of drug-likeness (QED) is 0.378. The third-order valence-corrected chi connectivity index (χ3v) is 4.47. The highest BCUT2D eigenvalue weighted by Gasteiger charge is 2.32. The predicted octanol–water partition coefficient (Wildman–Crippen LogP) is 3.82. The fraction of sp³-hybridized carbons (Fsp3) is 0.0500. The largest absolute Gasteiger partial charge is 0.298 e. The maximum Gasteiger partial charge on any atom is 0.265 e. The van der Waals surface area contributed by atoms with Crippen molar-refractivity contribution in [2.24, 2.45) is 0 Å². The Morgan fingerprint density at radius 2 is 1.62 bits per heavy atom. The topological polar surface area (TPSA) is 49.4 Å². The van der Waals surface area contributed by atoms with Crippen molar-refractivity contribution in [3.8, 4) is 11.1 Å². The molecule has 0 saturated carbocycles. The summed E-state index contributed by atoms with van der Waals surface area (Å²) >= 11 is 10.9. The SMILES string of the molecule is C=CCN1C(=O)C(=Cc2ccc(-c3ccc(Cl)cc3)cc2)C(=O)NC1=S. The fourth-order valence-corrected chi connectivity index (χ4v) is 2.95. The van der Waals surface area contributed by atoms with Crippen molar-refractivity contribution in [1.29, 1.82) is 0 Å². The molecule has 4 nitrogen and oxygen atoms in total. The molecule has 0 aromatic heterocycles. The first-order valence-corrected chi connectivity index (χ1v) is 8.64. The molecule has 2 amide bonds. The summed E-state index contributed by atoms with van der Waals surface area (Å²) in [5, 5.41) is 3.30. The minimum atomic E-state index is -0.498. The van der Waals surface area contributed by atoms with Crippen LogP contribution in [0.5, 0.6) is 0 Å². The molecule has 2 aromatic carbocycles. The smallest absolute Gasteiger partial charge is 0.265 e. The number of hydrogen-bond acceptors (Lipinski definition) is 3. The molecule has 1 saturated heterocycles. The Hall–Kier alpha value is -2.76. The van der Waals surface area contributed by atoms with E-state index in [2.05, 4.69) is 11.9 Å². The van der Waals surface area contributed by atoms with E-state index in [1.165, 1.54) is 4.90 Å². The number of nitrogens with one attached hydrogen (secondary N) is 1. The summed E-state index contributed by atoms with van der Waals surface area (Å²) in [7, 11) is 0. The molecule has 0 radical (unpaired) electrons. The first kappa shape index (κ1) is 18.0. The molecule has 1 N–H and O–H groups in total. The molecule has 1 fully saturated rings. The Labute approximate surface area is 161 Å². The van der Waals surface area contributed by atoms with E-state index in [0.717, 1.165) is 16.7 Å². The number of halogens is 1. The molecule has 0 atom stereocenters. The van der Waals surface area contributed by atoms with Gasteiger partial charge in [0.1, 0.15) is 5.57 Å². The number of carbonyl (C=O) groups excluding carboxylic acids is 2. The lowest BCUT2D eigenvalue weighted by atomic mass is 10.0. The summed E-state index contributed by atoms with van der Waals surface area (Å²) in [6, 6.07) is 15.1. The Balaban J connectivity index is 1.87. The van der Waals surface area contributed by atoms with E-state index in [-0.39, 0.29) is 17.2 Å². The van der Waals surface area contributed by atoms with Crippen LogP contribution in [0, 0.1) is 0 Å². The van der Waals surface area contributed by atoms with E-state index in [9.17, 15) is 9.59 Å². The summed E-state index contributed by atoms with van der Waals surface area (Å²) in [4.78, 5) is 26.0. The van der Waals surface area contributed by atoms with Crippen LogP contribution in [0.25, 0.3) is 17.2 Å². The van der Waals surface area contributed by atoms with Gasteiger partial charge in [0.25, 0.3) is 11.8 Å². The summed E-state index contributed by atoms with van der Waals surface area (Å²) in [5.41, 5.74) is 2.83. The molecule has 0 aliphatic carbocycles. The lowest BCUT2D eigenvalue weighted by Gasteiger charge is -2.27. The van der Waals surface area contributed by atoms with Crippen LogP contribution in [0.1, 0.15) is 5.56 Å². The van der Waals surface area contributed by atoms with Gasteiger partial charge >= 0.3 is 0 Å². The Morgan fingerprint density at radius 1 is 1.04 bits per heavy atom. The van der Waals surface area contributed by atoms with Gasteiger partial charge in [0.2, 0.25) is 0 Å². The zero-order valence-corrected chi connectivity index (χ0v) is 15.3. The lowest BCUT2D eigenvalue weighted by Crippen LogP contribution is -2.53. The second-order valence-corrected chi connectivity index (χ2v) is 6.47. The first-order chi connectivity index (χ1) is 12.5. The van der Waals surface area contributed by atoms with Gasteiger partial charge in [-0.3, -0.25) is 19.8 Å². The maximum atomic E-state index is 12.5. The van der Waals surface area contributed by atoms with Gasteiger partial charge in [-0.2, -0.15) is 0 Å². The molecule has 0 spiro atoms. The minimum Gasteiger partial charge on any atom is -0.298 e. The van der Waals surface area contributed by atoms with Crippen molar-refractivity contribution < 1.29 is 9.59 Å². The summed E-state index contributed by atoms with van der Waals surface area (Å²) in [5.74, 6) is -0.928. The van der Waals surface area contributed by atoms with Gasteiger partial charge in [-0.25, -0.2) is 0 Å². The average Bonchev–Trinajstić information content (AvgIpc) is 2.63. The zero-order chi connectivity index (χ0) is 18.7. The highest BCUT2D eigenvalue weighted by Crippen LogP contribution is 2.23. The Morgan fingerprint density at radius 3 is 2.19 bits per heavy atom. The van der Waals surface area contributed by atoms with Crippen molar-refractivity contribution in [2.45, 2.75) is 0 Å². The minimum absolute atomic E-state index is 0.0414. The van der Waals surface area contributed by atoms with Crippen LogP contribution in [0.4, 0.5) is 0 Å². The van der Waals surface area contributed by atoms with E-state index in [1.807, 2.05) is 48.5 Å². The molecule has 2 aromatic rings. The van der Waals surface area contributed by atoms with Gasteiger partial charge < -0.3 is 0 Å². The van der Waals surface area contributed by atoms with E-state index in [4.69, 9.17) is 23.8 Å². The molecule has 0 bridgehead atoms. The van der Waals surface area contributed by atoms with Gasteiger partial charge in [-0.1, -0.05) is 54.1 Å². The number of carbonyl (C=O) groups is 2. The lowest BCUT2D eigenvalue weighted by molar-refractivity contribution is -0.128. The number of benzene rings is 2. The van der Waals surface area contributed by atoms with Crippen LogP contribution in [0.15, 0.2) is 66.8 Å². The fourth-order valence-electron chi connectivity index (χ4n) is 2.57. The van der Waals surface area contributed by atoms with Crippen LogP contribution < -0.4 is 5.32 Å². The van der Waals surface area contributed by atoms with Crippen molar-refractivity contribution in [2.75, 3.05) is 6.54 Å². The molecular weight excluding hydrogens is 368 g/mol. The van der Waals surface area contributed by atoms with Gasteiger partial charge in [0.15, 0.2) is 5.11 Å². The Kier molecular flexibility index (Phi) is 5.30. The van der Waals surface area contributed by atoms with Crippen LogP contribution in [-0.4, -0.2) is 28.4 Å². The van der Waals surface area contributed by atoms with Gasteiger partial charge in [-0.15, -0.1) is 6.58 Å². The first-order valence-electron chi connectivity index (χ1n) is 7.85. The standard InChI is InChI=1S/C20H15ClN2O2S/c1-2-11-23-19(25)17(18(24)22-20(23)26)12-13-3-5-14(6-4-13)15-7-9-16(21)10-8-15/h2-10,12H,1,11H2,(H,22,24,26). The van der Waals surface area contributed by atoms with E-state index in [1.54, 1.807) is 12.2 Å². The maximum absolute atomic E-state index is 12.5. The molecule has 0 unspecified atom stereocenters. The summed E-state index contributed by atoms with van der Waals surface area (Å²) in [6.45, 7) is 3.84. The highest BCUT2D eigenvalue weighted by atomic mass is 35.5. The zero-order valence-electron chi connectivity index (χ0n) is 13.7. The van der Waals surface area contributed by atoms with Crippen molar-refractivity contribution in [3.63, 3.8) is 0 Å². The monoisotopic (exact) mass is 382 g/mol. The average molecular weight is 383 g/mol. The van der Waals surface area contributed by atoms with Crippen molar-refractivity contribution in [1.82, 2.24) is 10.2 Å². The normalized spacial score (nSPS) is 16.0. The van der Waals surface area contributed by atoms with Crippen molar-refractivity contribution in [3.05, 3.63) is 77.3 Å². The number of nitrogens with zero attached hydrogens (tertiary/aromatic N) is 1. The predicted molar refractivity (Wildman–Crippen MR) is 108 cm³/mol. The second kappa shape index (κ2) is 7.64. The third kappa shape index (κ3) is 3.74. The molecule has 130 valence electrons. The highest BCUT2D eigenvalue weighted by molar-refractivity contribution is 7.80. The van der Waals surface area contributed by atoms with E-state index < -0.39 is 11.8 Å². The molecular formula is C20H15ClN2O2S. The molecule has 1 aliphatic rings. The molecule has 1 heterocycles. The number of hydrogen-bond donors (Lipinski definition) is 1. The van der Waals surface area contributed by atoms with E-state index >= 15 is 0 Å². The molecule has 3 rings (SSSR count). The van der Waals surface area contributed by atoms with Crippen LogP contribution in [-0.2, 0) is 9.59 Å². The van der Waals surface area contributed by atoms with E-state index in [0.29, 0.717) is 5.02 Å². The van der Waals surface area contributed by atoms with Gasteiger partial charge in [-0.05, 0) is 47.1 Å². The molecule has 6 heteroatoms. The Bertz CT molecular complexity index is 918. The molecule has 26 heavy (non-hydrogen) atoms. The van der Waals surface area contributed by atoms with Crippen LogP contribution >= 0.6 is 23.8 Å². The number of rotatable bonds is 4. The summed E-state index contributed by atoms with van der Waals surface area (Å²) < 4.78 is 0.